The van der Waals surface area contributed by atoms with E-state index in [9.17, 15) is 0 Å². The molecule has 2 fully saturated rings. The minimum Gasteiger partial charge on any atom is -0.146 e. The van der Waals surface area contributed by atoms with Gasteiger partial charge in [-0.2, -0.15) is 0 Å². The topological polar surface area (TPSA) is 0 Å². The molecule has 2 saturated carbocycles. The maximum atomic E-state index is 6.55. The molecule has 1 aromatic rings. The Morgan fingerprint density at radius 1 is 1.27 bits per heavy atom. The van der Waals surface area contributed by atoms with Crippen molar-refractivity contribution in [3.63, 3.8) is 0 Å². The van der Waals surface area contributed by atoms with Crippen LogP contribution in [0.1, 0.15) is 35.9 Å². The van der Waals surface area contributed by atoms with E-state index < -0.39 is 0 Å². The molecule has 0 radical (unpaired) electrons. The standard InChI is InChI=1S/C12H14Cl2S/c13-9-5-6-15-12(9)11(14)10-7-3-1-2-4-8(7)10/h5-8,10-11H,1-4H2. The number of thiophene rings is 1. The van der Waals surface area contributed by atoms with Crippen molar-refractivity contribution in [2.45, 2.75) is 31.1 Å². The SMILES string of the molecule is Clc1ccsc1C(Cl)C1C2CCCCC21. The lowest BCUT2D eigenvalue weighted by Gasteiger charge is -2.06. The molecule has 3 heteroatoms. The largest absolute Gasteiger partial charge is 0.146 e. The van der Waals surface area contributed by atoms with Crippen LogP contribution < -0.4 is 0 Å². The molecule has 0 aliphatic heterocycles. The van der Waals surface area contributed by atoms with E-state index in [2.05, 4.69) is 0 Å². The van der Waals surface area contributed by atoms with Crippen molar-refractivity contribution in [2.75, 3.05) is 0 Å². The third kappa shape index (κ3) is 1.73. The number of alkyl halides is 1. The molecule has 2 aliphatic rings. The summed E-state index contributed by atoms with van der Waals surface area (Å²) in [5.41, 5.74) is 0. The van der Waals surface area contributed by atoms with Gasteiger partial charge in [0.25, 0.3) is 0 Å². The van der Waals surface area contributed by atoms with Gasteiger partial charge in [-0.15, -0.1) is 22.9 Å². The Labute approximate surface area is 105 Å². The van der Waals surface area contributed by atoms with Crippen molar-refractivity contribution >= 4 is 34.5 Å². The smallest absolute Gasteiger partial charge is 0.0727 e. The molecular formula is C12H14Cl2S. The van der Waals surface area contributed by atoms with Gasteiger partial charge < -0.3 is 0 Å². The predicted molar refractivity (Wildman–Crippen MR) is 66.9 cm³/mol. The Morgan fingerprint density at radius 3 is 2.47 bits per heavy atom. The van der Waals surface area contributed by atoms with Crippen LogP contribution in [0.25, 0.3) is 0 Å². The summed E-state index contributed by atoms with van der Waals surface area (Å²) in [5.74, 6) is 2.52. The van der Waals surface area contributed by atoms with E-state index in [1.165, 1.54) is 30.6 Å². The molecule has 15 heavy (non-hydrogen) atoms. The third-order valence-corrected chi connectivity index (χ3v) is 6.04. The highest BCUT2D eigenvalue weighted by molar-refractivity contribution is 7.11. The van der Waals surface area contributed by atoms with Gasteiger partial charge in [0.2, 0.25) is 0 Å². The predicted octanol–water partition coefficient (Wildman–Crippen LogP) is 5.12. The molecule has 1 heterocycles. The first-order valence-corrected chi connectivity index (χ1v) is 7.35. The molecule has 0 N–H and O–H groups in total. The summed E-state index contributed by atoms with van der Waals surface area (Å²) in [6.07, 6.45) is 5.59. The Balaban J connectivity index is 1.76. The van der Waals surface area contributed by atoms with Crippen LogP contribution in [0.3, 0.4) is 0 Å². The van der Waals surface area contributed by atoms with Crippen LogP contribution in [-0.2, 0) is 0 Å². The molecule has 0 nitrogen and oxygen atoms in total. The molecule has 3 unspecified atom stereocenters. The monoisotopic (exact) mass is 260 g/mol. The third-order valence-electron chi connectivity index (χ3n) is 3.96. The van der Waals surface area contributed by atoms with Crippen LogP contribution in [0.4, 0.5) is 0 Å². The fourth-order valence-corrected chi connectivity index (χ4v) is 5.07. The van der Waals surface area contributed by atoms with E-state index in [0.717, 1.165) is 16.9 Å². The van der Waals surface area contributed by atoms with Gasteiger partial charge in [-0.05, 0) is 42.0 Å². The molecule has 2 aliphatic carbocycles. The van der Waals surface area contributed by atoms with Crippen molar-refractivity contribution in [3.05, 3.63) is 21.3 Å². The molecule has 0 saturated heterocycles. The normalized spacial score (nSPS) is 36.0. The number of hydrogen-bond acceptors (Lipinski definition) is 1. The summed E-state index contributed by atoms with van der Waals surface area (Å²) in [6, 6.07) is 1.96. The van der Waals surface area contributed by atoms with Crippen molar-refractivity contribution in [1.82, 2.24) is 0 Å². The molecule has 3 atom stereocenters. The number of halogens is 2. The molecule has 0 spiro atoms. The van der Waals surface area contributed by atoms with Crippen molar-refractivity contribution < 1.29 is 0 Å². The fourth-order valence-electron chi connectivity index (χ4n) is 3.16. The second-order valence-electron chi connectivity index (χ2n) is 4.72. The van der Waals surface area contributed by atoms with E-state index in [4.69, 9.17) is 23.2 Å². The summed E-state index contributed by atoms with van der Waals surface area (Å²) in [7, 11) is 0. The lowest BCUT2D eigenvalue weighted by atomic mass is 10.0. The average molecular weight is 261 g/mol. The van der Waals surface area contributed by atoms with E-state index in [1.54, 1.807) is 11.3 Å². The maximum absolute atomic E-state index is 6.55. The molecule has 3 rings (SSSR count). The highest BCUT2D eigenvalue weighted by Crippen LogP contribution is 2.63. The summed E-state index contributed by atoms with van der Waals surface area (Å²) >= 11 is 14.4. The first-order valence-electron chi connectivity index (χ1n) is 5.66. The first-order chi connectivity index (χ1) is 7.29. The van der Waals surface area contributed by atoms with Gasteiger partial charge in [-0.25, -0.2) is 0 Å². The Bertz CT molecular complexity index is 348. The number of rotatable bonds is 2. The van der Waals surface area contributed by atoms with Crippen molar-refractivity contribution in [1.29, 1.82) is 0 Å². The summed E-state index contributed by atoms with van der Waals surface area (Å²) < 4.78 is 0. The van der Waals surface area contributed by atoms with Gasteiger partial charge in [0.1, 0.15) is 0 Å². The van der Waals surface area contributed by atoms with Gasteiger partial charge in [-0.3, -0.25) is 0 Å². The van der Waals surface area contributed by atoms with Gasteiger partial charge in [0.05, 0.1) is 10.4 Å². The van der Waals surface area contributed by atoms with Crippen LogP contribution >= 0.6 is 34.5 Å². The zero-order valence-electron chi connectivity index (χ0n) is 8.46. The average Bonchev–Trinajstić information content (AvgIpc) is 2.83. The Hall–Kier alpha value is 0.280. The zero-order chi connectivity index (χ0) is 10.4. The lowest BCUT2D eigenvalue weighted by molar-refractivity contribution is 0.480. The summed E-state index contributed by atoms with van der Waals surface area (Å²) in [5, 5.41) is 3.08. The molecule has 82 valence electrons. The lowest BCUT2D eigenvalue weighted by Crippen LogP contribution is -1.93. The van der Waals surface area contributed by atoms with E-state index in [-0.39, 0.29) is 5.38 Å². The Morgan fingerprint density at radius 2 is 1.93 bits per heavy atom. The van der Waals surface area contributed by atoms with Crippen LogP contribution in [0.5, 0.6) is 0 Å². The molecule has 1 aromatic heterocycles. The van der Waals surface area contributed by atoms with Crippen molar-refractivity contribution in [3.8, 4) is 0 Å². The molecular weight excluding hydrogens is 247 g/mol. The van der Waals surface area contributed by atoms with E-state index in [0.29, 0.717) is 5.92 Å². The Kier molecular flexibility index (Phi) is 2.74. The van der Waals surface area contributed by atoms with Crippen LogP contribution in [0, 0.1) is 17.8 Å². The summed E-state index contributed by atoms with van der Waals surface area (Å²) in [6.45, 7) is 0. The second kappa shape index (κ2) is 3.94. The van der Waals surface area contributed by atoms with Crippen LogP contribution in [0.2, 0.25) is 5.02 Å². The molecule has 0 amide bonds. The van der Waals surface area contributed by atoms with E-state index >= 15 is 0 Å². The first kappa shape index (κ1) is 10.4. The van der Waals surface area contributed by atoms with Gasteiger partial charge in [0, 0.05) is 4.88 Å². The summed E-state index contributed by atoms with van der Waals surface area (Å²) in [4.78, 5) is 1.19. The maximum Gasteiger partial charge on any atom is 0.0727 e. The highest BCUT2D eigenvalue weighted by atomic mass is 35.5. The number of fused-ring (bicyclic) bond motifs is 1. The van der Waals surface area contributed by atoms with Gasteiger partial charge in [0.15, 0.2) is 0 Å². The minimum atomic E-state index is 0.172. The van der Waals surface area contributed by atoms with Gasteiger partial charge in [-0.1, -0.05) is 24.4 Å². The van der Waals surface area contributed by atoms with Crippen LogP contribution in [-0.4, -0.2) is 0 Å². The highest BCUT2D eigenvalue weighted by Gasteiger charge is 2.54. The van der Waals surface area contributed by atoms with Gasteiger partial charge >= 0.3 is 0 Å². The molecule has 0 bridgehead atoms. The van der Waals surface area contributed by atoms with Crippen LogP contribution in [0.15, 0.2) is 11.4 Å². The fraction of sp³-hybridized carbons (Fsp3) is 0.667. The molecule has 0 aromatic carbocycles. The van der Waals surface area contributed by atoms with Crippen molar-refractivity contribution in [2.24, 2.45) is 17.8 Å². The number of hydrogen-bond donors (Lipinski definition) is 0. The van der Waals surface area contributed by atoms with E-state index in [1.807, 2.05) is 11.4 Å². The zero-order valence-corrected chi connectivity index (χ0v) is 10.8. The minimum absolute atomic E-state index is 0.172. The second-order valence-corrected chi connectivity index (χ2v) is 6.55. The quantitative estimate of drug-likeness (QED) is 0.648.